The van der Waals surface area contributed by atoms with Crippen LogP contribution in [0.5, 0.6) is 0 Å². The Kier molecular flexibility index (Phi) is 3.07. The molecule has 1 aromatic rings. The van der Waals surface area contributed by atoms with Gasteiger partial charge in [0.15, 0.2) is 0 Å². The van der Waals surface area contributed by atoms with Gasteiger partial charge in [0.2, 0.25) is 0 Å². The van der Waals surface area contributed by atoms with Crippen molar-refractivity contribution in [2.45, 2.75) is 38.3 Å². The molecular formula is C13H21N5. The Bertz CT molecular complexity index is 396. The van der Waals surface area contributed by atoms with Crippen molar-refractivity contribution >= 4 is 11.6 Å². The van der Waals surface area contributed by atoms with Crippen LogP contribution in [0, 0.1) is 0 Å². The maximum absolute atomic E-state index is 5.94. The molecule has 0 amide bonds. The predicted octanol–water partition coefficient (Wildman–Crippen LogP) is 1.00. The normalized spacial score (nSPS) is 28.1. The van der Waals surface area contributed by atoms with Crippen LogP contribution in [0.3, 0.4) is 0 Å². The van der Waals surface area contributed by atoms with E-state index in [2.05, 4.69) is 32.8 Å². The third kappa shape index (κ3) is 2.03. The van der Waals surface area contributed by atoms with E-state index in [0.29, 0.717) is 6.04 Å². The van der Waals surface area contributed by atoms with E-state index in [1.165, 1.54) is 19.3 Å². The molecule has 98 valence electrons. The summed E-state index contributed by atoms with van der Waals surface area (Å²) in [4.78, 5) is 13.4. The summed E-state index contributed by atoms with van der Waals surface area (Å²) in [5.41, 5.74) is 5.94. The van der Waals surface area contributed by atoms with Gasteiger partial charge in [0.25, 0.3) is 0 Å². The molecule has 2 atom stereocenters. The van der Waals surface area contributed by atoms with Crippen LogP contribution in [0.4, 0.5) is 11.6 Å². The molecular weight excluding hydrogens is 226 g/mol. The van der Waals surface area contributed by atoms with Crippen LogP contribution < -0.4 is 15.5 Å². The highest BCUT2D eigenvalue weighted by Gasteiger charge is 2.33. The van der Waals surface area contributed by atoms with E-state index in [1.54, 1.807) is 6.33 Å². The molecule has 2 N–H and O–H groups in total. The smallest absolute Gasteiger partial charge is 0.134 e. The summed E-state index contributed by atoms with van der Waals surface area (Å²) in [5, 5.41) is 0. The molecule has 5 heteroatoms. The van der Waals surface area contributed by atoms with Gasteiger partial charge in [0.05, 0.1) is 0 Å². The SMILES string of the molecule is CC1C(N)CN1c1cc(N2CCCCC2)ncn1. The van der Waals surface area contributed by atoms with Gasteiger partial charge in [-0.15, -0.1) is 0 Å². The van der Waals surface area contributed by atoms with E-state index in [1.807, 2.05) is 0 Å². The quantitative estimate of drug-likeness (QED) is 0.845. The average Bonchev–Trinajstić information content (AvgIpc) is 2.45. The molecule has 0 bridgehead atoms. The van der Waals surface area contributed by atoms with E-state index in [0.717, 1.165) is 31.3 Å². The molecule has 0 saturated carbocycles. The van der Waals surface area contributed by atoms with Crippen molar-refractivity contribution in [1.29, 1.82) is 0 Å². The van der Waals surface area contributed by atoms with Crippen LogP contribution in [0.1, 0.15) is 26.2 Å². The minimum Gasteiger partial charge on any atom is -0.356 e. The van der Waals surface area contributed by atoms with Crippen LogP contribution in [-0.4, -0.2) is 41.7 Å². The number of hydrogen-bond donors (Lipinski definition) is 1. The molecule has 2 aliphatic rings. The van der Waals surface area contributed by atoms with Crippen molar-refractivity contribution in [2.24, 2.45) is 5.73 Å². The van der Waals surface area contributed by atoms with Crippen molar-refractivity contribution in [3.8, 4) is 0 Å². The second-order valence-electron chi connectivity index (χ2n) is 5.34. The van der Waals surface area contributed by atoms with E-state index >= 15 is 0 Å². The standard InChI is InChI=1S/C13H21N5/c1-10-11(14)8-18(10)13-7-12(15-9-16-13)17-5-3-2-4-6-17/h7,9-11H,2-6,8,14H2,1H3. The summed E-state index contributed by atoms with van der Waals surface area (Å²) in [6.07, 6.45) is 5.55. The summed E-state index contributed by atoms with van der Waals surface area (Å²) < 4.78 is 0. The van der Waals surface area contributed by atoms with Crippen molar-refractivity contribution in [3.05, 3.63) is 12.4 Å². The highest BCUT2D eigenvalue weighted by Crippen LogP contribution is 2.26. The van der Waals surface area contributed by atoms with Gasteiger partial charge in [0, 0.05) is 37.8 Å². The summed E-state index contributed by atoms with van der Waals surface area (Å²) in [5.74, 6) is 2.08. The van der Waals surface area contributed by atoms with Gasteiger partial charge in [-0.1, -0.05) is 0 Å². The number of nitrogens with two attached hydrogens (primary N) is 1. The van der Waals surface area contributed by atoms with Crippen LogP contribution in [0.15, 0.2) is 12.4 Å². The third-order valence-electron chi connectivity index (χ3n) is 4.13. The first-order valence-electron chi connectivity index (χ1n) is 6.85. The van der Waals surface area contributed by atoms with Crippen molar-refractivity contribution in [1.82, 2.24) is 9.97 Å². The molecule has 3 rings (SSSR count). The fraction of sp³-hybridized carbons (Fsp3) is 0.692. The summed E-state index contributed by atoms with van der Waals surface area (Å²) in [7, 11) is 0. The van der Waals surface area contributed by atoms with E-state index in [4.69, 9.17) is 5.73 Å². The van der Waals surface area contributed by atoms with Gasteiger partial charge in [0.1, 0.15) is 18.0 Å². The van der Waals surface area contributed by atoms with Crippen LogP contribution >= 0.6 is 0 Å². The molecule has 2 unspecified atom stereocenters. The molecule has 0 aliphatic carbocycles. The zero-order valence-electron chi connectivity index (χ0n) is 10.9. The Morgan fingerprint density at radius 1 is 1.17 bits per heavy atom. The van der Waals surface area contributed by atoms with E-state index in [9.17, 15) is 0 Å². The van der Waals surface area contributed by atoms with Crippen molar-refractivity contribution in [3.63, 3.8) is 0 Å². The van der Waals surface area contributed by atoms with Gasteiger partial charge in [-0.25, -0.2) is 9.97 Å². The van der Waals surface area contributed by atoms with Crippen LogP contribution in [-0.2, 0) is 0 Å². The first-order valence-corrected chi connectivity index (χ1v) is 6.85. The zero-order chi connectivity index (χ0) is 12.5. The highest BCUT2D eigenvalue weighted by atomic mass is 15.3. The summed E-state index contributed by atoms with van der Waals surface area (Å²) in [6.45, 7) is 5.28. The fourth-order valence-corrected chi connectivity index (χ4v) is 2.73. The number of piperidine rings is 1. The van der Waals surface area contributed by atoms with Crippen molar-refractivity contribution in [2.75, 3.05) is 29.4 Å². The van der Waals surface area contributed by atoms with E-state index < -0.39 is 0 Å². The largest absolute Gasteiger partial charge is 0.356 e. The number of anilines is 2. The molecule has 2 aliphatic heterocycles. The second-order valence-corrected chi connectivity index (χ2v) is 5.34. The minimum absolute atomic E-state index is 0.276. The molecule has 0 spiro atoms. The predicted molar refractivity (Wildman–Crippen MR) is 72.9 cm³/mol. The lowest BCUT2D eigenvalue weighted by Crippen LogP contribution is -2.63. The Morgan fingerprint density at radius 3 is 2.56 bits per heavy atom. The maximum atomic E-state index is 5.94. The first-order chi connectivity index (χ1) is 8.75. The molecule has 3 heterocycles. The monoisotopic (exact) mass is 247 g/mol. The minimum atomic E-state index is 0.276. The molecule has 2 saturated heterocycles. The molecule has 5 nitrogen and oxygen atoms in total. The van der Waals surface area contributed by atoms with Gasteiger partial charge in [-0.05, 0) is 26.2 Å². The second kappa shape index (κ2) is 4.72. The highest BCUT2D eigenvalue weighted by molar-refractivity contribution is 5.53. The molecule has 2 fully saturated rings. The third-order valence-corrected chi connectivity index (χ3v) is 4.13. The number of nitrogens with zero attached hydrogens (tertiary/aromatic N) is 4. The lowest BCUT2D eigenvalue weighted by Gasteiger charge is -2.45. The van der Waals surface area contributed by atoms with Gasteiger partial charge in [-0.2, -0.15) is 0 Å². The van der Waals surface area contributed by atoms with Crippen molar-refractivity contribution < 1.29 is 0 Å². The Hall–Kier alpha value is -1.36. The lowest BCUT2D eigenvalue weighted by molar-refractivity contribution is 0.401. The fourth-order valence-electron chi connectivity index (χ4n) is 2.73. The molecule has 0 aromatic carbocycles. The van der Waals surface area contributed by atoms with Crippen LogP contribution in [0.25, 0.3) is 0 Å². The lowest BCUT2D eigenvalue weighted by atomic mass is 9.99. The van der Waals surface area contributed by atoms with Gasteiger partial charge in [-0.3, -0.25) is 0 Å². The Balaban J connectivity index is 1.76. The molecule has 0 radical (unpaired) electrons. The summed E-state index contributed by atoms with van der Waals surface area (Å²) >= 11 is 0. The van der Waals surface area contributed by atoms with Gasteiger partial charge >= 0.3 is 0 Å². The maximum Gasteiger partial charge on any atom is 0.134 e. The molecule has 1 aromatic heterocycles. The number of rotatable bonds is 2. The average molecular weight is 247 g/mol. The summed E-state index contributed by atoms with van der Waals surface area (Å²) in [6, 6.07) is 2.76. The van der Waals surface area contributed by atoms with Crippen LogP contribution in [0.2, 0.25) is 0 Å². The Morgan fingerprint density at radius 2 is 1.89 bits per heavy atom. The number of hydrogen-bond acceptors (Lipinski definition) is 5. The molecule has 18 heavy (non-hydrogen) atoms. The Labute approximate surface area is 108 Å². The zero-order valence-corrected chi connectivity index (χ0v) is 10.9. The number of aromatic nitrogens is 2. The topological polar surface area (TPSA) is 58.3 Å². The first kappa shape index (κ1) is 11.7. The van der Waals surface area contributed by atoms with Gasteiger partial charge < -0.3 is 15.5 Å². The van der Waals surface area contributed by atoms with E-state index in [-0.39, 0.29) is 6.04 Å².